The Labute approximate surface area is 109 Å². The molecule has 0 saturated carbocycles. The second kappa shape index (κ2) is 5.07. The predicted octanol–water partition coefficient (Wildman–Crippen LogP) is 0.994. The van der Waals surface area contributed by atoms with Crippen molar-refractivity contribution in [1.82, 2.24) is 4.31 Å². The van der Waals surface area contributed by atoms with E-state index in [1.807, 2.05) is 20.8 Å². The zero-order chi connectivity index (χ0) is 13.4. The Morgan fingerprint density at radius 1 is 1.28 bits per heavy atom. The number of sulfonamides is 1. The minimum atomic E-state index is -3.22. The molecule has 0 bridgehead atoms. The summed E-state index contributed by atoms with van der Waals surface area (Å²) in [7, 11) is -3.22. The number of nitrogens with zero attached hydrogens (tertiary/aromatic N) is 1. The lowest BCUT2D eigenvalue weighted by atomic mass is 10.1. The Morgan fingerprint density at radius 2 is 2.00 bits per heavy atom. The first-order valence-corrected chi connectivity index (χ1v) is 8.06. The van der Waals surface area contributed by atoms with Crippen LogP contribution in [-0.2, 0) is 19.5 Å². The van der Waals surface area contributed by atoms with Gasteiger partial charge in [-0.25, -0.2) is 8.42 Å². The average molecular weight is 277 g/mol. The molecule has 0 spiro atoms. The summed E-state index contributed by atoms with van der Waals surface area (Å²) >= 11 is 0. The van der Waals surface area contributed by atoms with E-state index in [0.717, 1.165) is 0 Å². The molecule has 2 saturated heterocycles. The number of hydrogen-bond donors (Lipinski definition) is 0. The number of morpholine rings is 1. The van der Waals surface area contributed by atoms with Crippen LogP contribution in [0.5, 0.6) is 0 Å². The van der Waals surface area contributed by atoms with Crippen LogP contribution in [0.15, 0.2) is 0 Å². The fraction of sp³-hybridized carbons (Fsp3) is 1.00. The molecule has 0 amide bonds. The molecule has 2 fully saturated rings. The van der Waals surface area contributed by atoms with Gasteiger partial charge in [-0.05, 0) is 33.6 Å². The maximum atomic E-state index is 12.6. The molecule has 18 heavy (non-hydrogen) atoms. The van der Waals surface area contributed by atoms with Crippen molar-refractivity contribution in [2.45, 2.75) is 50.6 Å². The summed E-state index contributed by atoms with van der Waals surface area (Å²) in [6.45, 7) is 7.73. The Morgan fingerprint density at radius 3 is 2.61 bits per heavy atom. The molecule has 2 rings (SSSR count). The molecule has 6 heteroatoms. The first-order valence-electron chi connectivity index (χ1n) is 6.56. The third-order valence-electron chi connectivity index (χ3n) is 3.61. The van der Waals surface area contributed by atoms with Gasteiger partial charge < -0.3 is 9.47 Å². The fourth-order valence-electron chi connectivity index (χ4n) is 2.63. The number of rotatable bonds is 2. The largest absolute Gasteiger partial charge is 0.378 e. The van der Waals surface area contributed by atoms with Crippen LogP contribution in [0, 0.1) is 0 Å². The highest BCUT2D eigenvalue weighted by atomic mass is 32.2. The fourth-order valence-corrected chi connectivity index (χ4v) is 4.78. The van der Waals surface area contributed by atoms with Crippen molar-refractivity contribution >= 4 is 10.0 Å². The zero-order valence-electron chi connectivity index (χ0n) is 11.4. The maximum absolute atomic E-state index is 12.6. The lowest BCUT2D eigenvalue weighted by molar-refractivity contribution is -0.0646. The van der Waals surface area contributed by atoms with E-state index in [0.29, 0.717) is 39.1 Å². The molecule has 2 aliphatic rings. The summed E-state index contributed by atoms with van der Waals surface area (Å²) in [4.78, 5) is 0. The SMILES string of the molecule is CC1CC(S(=O)(=O)N2CCOC(C)(C)C2)CCO1. The first kappa shape index (κ1) is 14.2. The van der Waals surface area contributed by atoms with Gasteiger partial charge in [0.2, 0.25) is 10.0 Å². The summed E-state index contributed by atoms with van der Waals surface area (Å²) in [6, 6.07) is 0. The molecule has 0 aromatic carbocycles. The molecule has 0 radical (unpaired) electrons. The van der Waals surface area contributed by atoms with E-state index in [-0.39, 0.29) is 17.0 Å². The Hall–Kier alpha value is -0.170. The molecule has 2 heterocycles. The molecule has 2 atom stereocenters. The lowest BCUT2D eigenvalue weighted by Crippen LogP contribution is -2.53. The van der Waals surface area contributed by atoms with E-state index in [9.17, 15) is 8.42 Å². The van der Waals surface area contributed by atoms with Crippen LogP contribution in [-0.4, -0.2) is 56.0 Å². The van der Waals surface area contributed by atoms with Gasteiger partial charge in [-0.15, -0.1) is 0 Å². The third-order valence-corrected chi connectivity index (χ3v) is 5.91. The highest BCUT2D eigenvalue weighted by Crippen LogP contribution is 2.26. The monoisotopic (exact) mass is 277 g/mol. The molecule has 0 aliphatic carbocycles. The molecule has 5 nitrogen and oxygen atoms in total. The van der Waals surface area contributed by atoms with Gasteiger partial charge in [-0.3, -0.25) is 0 Å². The van der Waals surface area contributed by atoms with Crippen LogP contribution in [0.1, 0.15) is 33.6 Å². The van der Waals surface area contributed by atoms with E-state index in [1.54, 1.807) is 4.31 Å². The average Bonchev–Trinajstić information content (AvgIpc) is 2.27. The smallest absolute Gasteiger partial charge is 0.217 e. The van der Waals surface area contributed by atoms with Gasteiger partial charge in [0.15, 0.2) is 0 Å². The quantitative estimate of drug-likeness (QED) is 0.755. The minimum absolute atomic E-state index is 0.0348. The van der Waals surface area contributed by atoms with Crippen molar-refractivity contribution in [3.63, 3.8) is 0 Å². The Kier molecular flexibility index (Phi) is 4.02. The Bertz CT molecular complexity index is 393. The van der Waals surface area contributed by atoms with E-state index in [2.05, 4.69) is 0 Å². The van der Waals surface area contributed by atoms with Crippen LogP contribution in [0.2, 0.25) is 0 Å². The normalized spacial score (nSPS) is 34.4. The Balaban J connectivity index is 2.10. The van der Waals surface area contributed by atoms with Crippen molar-refractivity contribution in [1.29, 1.82) is 0 Å². The van der Waals surface area contributed by atoms with E-state index in [4.69, 9.17) is 9.47 Å². The summed E-state index contributed by atoms with van der Waals surface area (Å²) < 4.78 is 37.8. The van der Waals surface area contributed by atoms with Gasteiger partial charge in [0.25, 0.3) is 0 Å². The second-order valence-corrected chi connectivity index (χ2v) is 8.03. The van der Waals surface area contributed by atoms with Crippen molar-refractivity contribution in [3.05, 3.63) is 0 Å². The van der Waals surface area contributed by atoms with Crippen LogP contribution in [0.25, 0.3) is 0 Å². The highest BCUT2D eigenvalue weighted by Gasteiger charge is 2.39. The summed E-state index contributed by atoms with van der Waals surface area (Å²) in [5.41, 5.74) is -0.387. The summed E-state index contributed by atoms with van der Waals surface area (Å²) in [6.07, 6.45) is 1.23. The van der Waals surface area contributed by atoms with Gasteiger partial charge in [0, 0.05) is 19.7 Å². The molecule has 0 aromatic rings. The van der Waals surface area contributed by atoms with Gasteiger partial charge in [0.1, 0.15) is 0 Å². The first-order chi connectivity index (χ1) is 8.31. The van der Waals surface area contributed by atoms with E-state index in [1.165, 1.54) is 0 Å². The van der Waals surface area contributed by atoms with Crippen LogP contribution in [0.3, 0.4) is 0 Å². The highest BCUT2D eigenvalue weighted by molar-refractivity contribution is 7.89. The van der Waals surface area contributed by atoms with Crippen LogP contribution >= 0.6 is 0 Å². The van der Waals surface area contributed by atoms with Crippen molar-refractivity contribution in [3.8, 4) is 0 Å². The molecule has 0 N–H and O–H groups in total. The van der Waals surface area contributed by atoms with Crippen LogP contribution < -0.4 is 0 Å². The van der Waals surface area contributed by atoms with E-state index >= 15 is 0 Å². The summed E-state index contributed by atoms with van der Waals surface area (Å²) in [5, 5.41) is -0.296. The van der Waals surface area contributed by atoms with Gasteiger partial charge >= 0.3 is 0 Å². The zero-order valence-corrected chi connectivity index (χ0v) is 12.2. The van der Waals surface area contributed by atoms with Crippen molar-refractivity contribution < 1.29 is 17.9 Å². The maximum Gasteiger partial charge on any atom is 0.217 e. The molecular formula is C12H23NO4S. The molecule has 2 unspecified atom stereocenters. The minimum Gasteiger partial charge on any atom is -0.378 e. The molecule has 0 aromatic heterocycles. The molecular weight excluding hydrogens is 254 g/mol. The lowest BCUT2D eigenvalue weighted by Gasteiger charge is -2.40. The second-order valence-electron chi connectivity index (χ2n) is 5.81. The third kappa shape index (κ3) is 3.04. The summed E-state index contributed by atoms with van der Waals surface area (Å²) in [5.74, 6) is 0. The van der Waals surface area contributed by atoms with Crippen molar-refractivity contribution in [2.24, 2.45) is 0 Å². The standard InChI is InChI=1S/C12H23NO4S/c1-10-8-11(4-6-16-10)18(14,15)13-5-7-17-12(2,3)9-13/h10-11H,4-9H2,1-3H3. The van der Waals surface area contributed by atoms with E-state index < -0.39 is 10.0 Å². The van der Waals surface area contributed by atoms with Gasteiger partial charge in [-0.2, -0.15) is 4.31 Å². The van der Waals surface area contributed by atoms with Gasteiger partial charge in [-0.1, -0.05) is 0 Å². The number of hydrogen-bond acceptors (Lipinski definition) is 4. The topological polar surface area (TPSA) is 55.8 Å². The number of ether oxygens (including phenoxy) is 2. The molecule has 2 aliphatic heterocycles. The van der Waals surface area contributed by atoms with Crippen molar-refractivity contribution in [2.75, 3.05) is 26.3 Å². The predicted molar refractivity (Wildman–Crippen MR) is 69.0 cm³/mol. The van der Waals surface area contributed by atoms with Gasteiger partial charge in [0.05, 0.1) is 23.6 Å². The molecule has 106 valence electrons. The van der Waals surface area contributed by atoms with Crippen LogP contribution in [0.4, 0.5) is 0 Å².